The zero-order valence-corrected chi connectivity index (χ0v) is 17.6. The molecule has 4 nitrogen and oxygen atoms in total. The monoisotopic (exact) mass is 386 g/mol. The van der Waals surface area contributed by atoms with Crippen molar-refractivity contribution in [3.8, 4) is 0 Å². The molecule has 0 spiro atoms. The Morgan fingerprint density at radius 1 is 0.963 bits per heavy atom. The summed E-state index contributed by atoms with van der Waals surface area (Å²) in [5.41, 5.74) is 6.29. The van der Waals surface area contributed by atoms with E-state index in [2.05, 4.69) is 5.43 Å². The highest BCUT2D eigenvalue weighted by molar-refractivity contribution is 6.31. The topological polar surface area (TPSA) is 49.4 Å². The molecule has 0 heterocycles. The van der Waals surface area contributed by atoms with E-state index in [1.807, 2.05) is 53.7 Å². The van der Waals surface area contributed by atoms with Crippen LogP contribution in [0.2, 0.25) is 5.02 Å². The van der Waals surface area contributed by atoms with Gasteiger partial charge in [0.2, 0.25) is 0 Å². The summed E-state index contributed by atoms with van der Waals surface area (Å²) in [6, 6.07) is 10.7. The van der Waals surface area contributed by atoms with Gasteiger partial charge in [-0.25, -0.2) is 10.4 Å². The number of aryl methyl sites for hydroxylation is 3. The standard InChI is InChI=1S/C22H27ClN2O2/c1-7-16-8-9-17(13-19(16)23)20(26)25(24-22(4,5)6)21(27)18-11-14(2)10-15(3)12-18/h8-13,24H,7H2,1-6H3. The fraction of sp³-hybridized carbons (Fsp3) is 0.364. The quantitative estimate of drug-likeness (QED) is 0.587. The van der Waals surface area contributed by atoms with Crippen LogP contribution in [0.25, 0.3) is 0 Å². The number of nitrogens with one attached hydrogen (secondary N) is 1. The molecule has 2 aromatic rings. The van der Waals surface area contributed by atoms with Crippen LogP contribution < -0.4 is 5.43 Å². The van der Waals surface area contributed by atoms with Crippen LogP contribution >= 0.6 is 11.6 Å². The minimum absolute atomic E-state index is 0.367. The third-order valence-corrected chi connectivity index (χ3v) is 4.35. The first-order valence-corrected chi connectivity index (χ1v) is 9.43. The van der Waals surface area contributed by atoms with Crippen molar-refractivity contribution in [3.05, 3.63) is 69.2 Å². The smallest absolute Gasteiger partial charge is 0.267 e. The minimum Gasteiger partial charge on any atom is -0.267 e. The summed E-state index contributed by atoms with van der Waals surface area (Å²) in [5.74, 6) is -0.823. The van der Waals surface area contributed by atoms with Crippen LogP contribution in [0.1, 0.15) is 65.1 Å². The average molecular weight is 387 g/mol. The first-order valence-electron chi connectivity index (χ1n) is 9.05. The number of nitrogens with zero attached hydrogens (tertiary/aromatic N) is 1. The highest BCUT2D eigenvalue weighted by Crippen LogP contribution is 2.21. The summed E-state index contributed by atoms with van der Waals surface area (Å²) < 4.78 is 0. The summed E-state index contributed by atoms with van der Waals surface area (Å²) >= 11 is 6.27. The summed E-state index contributed by atoms with van der Waals surface area (Å²) in [4.78, 5) is 26.3. The normalized spacial score (nSPS) is 11.4. The van der Waals surface area contributed by atoms with Gasteiger partial charge in [-0.2, -0.15) is 0 Å². The van der Waals surface area contributed by atoms with E-state index in [0.717, 1.165) is 28.1 Å². The molecule has 0 aliphatic heterocycles. The van der Waals surface area contributed by atoms with E-state index in [1.54, 1.807) is 24.3 Å². The zero-order chi connectivity index (χ0) is 20.4. The first-order chi connectivity index (χ1) is 12.5. The van der Waals surface area contributed by atoms with Gasteiger partial charge in [0.25, 0.3) is 11.8 Å². The molecule has 0 unspecified atom stereocenters. The SMILES string of the molecule is CCc1ccc(C(=O)N(NC(C)(C)C)C(=O)c2cc(C)cc(C)c2)cc1Cl. The third-order valence-electron chi connectivity index (χ3n) is 4.00. The molecule has 27 heavy (non-hydrogen) atoms. The average Bonchev–Trinajstić information content (AvgIpc) is 2.56. The second-order valence-corrected chi connectivity index (χ2v) is 8.25. The lowest BCUT2D eigenvalue weighted by atomic mass is 10.1. The molecule has 1 N–H and O–H groups in total. The fourth-order valence-electron chi connectivity index (χ4n) is 2.85. The van der Waals surface area contributed by atoms with Gasteiger partial charge in [-0.3, -0.25) is 9.59 Å². The molecule has 0 aliphatic carbocycles. The predicted octanol–water partition coefficient (Wildman–Crippen LogP) is 5.10. The molecular weight excluding hydrogens is 360 g/mol. The Kier molecular flexibility index (Phi) is 6.45. The molecule has 0 aliphatic rings. The van der Waals surface area contributed by atoms with Crippen molar-refractivity contribution in [1.29, 1.82) is 0 Å². The van der Waals surface area contributed by atoms with E-state index in [0.29, 0.717) is 16.1 Å². The Bertz CT molecular complexity index is 849. The van der Waals surface area contributed by atoms with Crippen molar-refractivity contribution in [3.63, 3.8) is 0 Å². The van der Waals surface area contributed by atoms with E-state index in [1.165, 1.54) is 0 Å². The molecule has 0 aromatic heterocycles. The Morgan fingerprint density at radius 2 is 1.52 bits per heavy atom. The third kappa shape index (κ3) is 5.41. The first kappa shape index (κ1) is 21.1. The number of hydrogen-bond donors (Lipinski definition) is 1. The van der Waals surface area contributed by atoms with Crippen LogP contribution in [-0.4, -0.2) is 22.4 Å². The van der Waals surface area contributed by atoms with Crippen molar-refractivity contribution >= 4 is 23.4 Å². The van der Waals surface area contributed by atoms with Crippen LogP contribution in [0.4, 0.5) is 0 Å². The number of carbonyl (C=O) groups is 2. The number of hydrazine groups is 1. The minimum atomic E-state index is -0.475. The van der Waals surface area contributed by atoms with Gasteiger partial charge in [0.05, 0.1) is 0 Å². The second-order valence-electron chi connectivity index (χ2n) is 7.84. The number of amides is 2. The fourth-order valence-corrected chi connectivity index (χ4v) is 3.17. The molecule has 0 radical (unpaired) electrons. The van der Waals surface area contributed by atoms with Crippen molar-refractivity contribution in [2.45, 2.75) is 53.5 Å². The Morgan fingerprint density at radius 3 is 2.00 bits per heavy atom. The van der Waals surface area contributed by atoms with E-state index in [-0.39, 0.29) is 0 Å². The molecule has 144 valence electrons. The van der Waals surface area contributed by atoms with Crippen LogP contribution in [-0.2, 0) is 6.42 Å². The van der Waals surface area contributed by atoms with Crippen molar-refractivity contribution in [1.82, 2.24) is 10.4 Å². The summed E-state index contributed by atoms with van der Waals surface area (Å²) in [7, 11) is 0. The maximum atomic E-state index is 13.2. The molecule has 0 fully saturated rings. The number of halogens is 1. The largest absolute Gasteiger partial charge is 0.275 e. The van der Waals surface area contributed by atoms with Gasteiger partial charge in [-0.1, -0.05) is 41.8 Å². The lowest BCUT2D eigenvalue weighted by Crippen LogP contribution is -2.54. The molecule has 2 rings (SSSR count). The number of benzene rings is 2. The maximum absolute atomic E-state index is 13.2. The molecule has 2 aromatic carbocycles. The Balaban J connectivity index is 2.46. The van der Waals surface area contributed by atoms with Crippen LogP contribution in [0.5, 0.6) is 0 Å². The van der Waals surface area contributed by atoms with Gasteiger partial charge in [0.15, 0.2) is 0 Å². The molecule has 5 heteroatoms. The van der Waals surface area contributed by atoms with E-state index in [4.69, 9.17) is 11.6 Å². The molecule has 0 saturated heterocycles. The van der Waals surface area contributed by atoms with Gasteiger partial charge in [-0.15, -0.1) is 0 Å². The van der Waals surface area contributed by atoms with E-state index >= 15 is 0 Å². The molecule has 0 atom stereocenters. The summed E-state index contributed by atoms with van der Waals surface area (Å²) in [6.45, 7) is 11.5. The van der Waals surface area contributed by atoms with Gasteiger partial charge >= 0.3 is 0 Å². The van der Waals surface area contributed by atoms with E-state index < -0.39 is 17.4 Å². The summed E-state index contributed by atoms with van der Waals surface area (Å²) in [5, 5.41) is 1.61. The Labute approximate surface area is 166 Å². The zero-order valence-electron chi connectivity index (χ0n) is 16.8. The Hall–Kier alpha value is -2.17. The van der Waals surface area contributed by atoms with Crippen LogP contribution in [0, 0.1) is 13.8 Å². The highest BCUT2D eigenvalue weighted by Gasteiger charge is 2.28. The van der Waals surface area contributed by atoms with Crippen molar-refractivity contribution < 1.29 is 9.59 Å². The number of rotatable bonds is 4. The maximum Gasteiger partial charge on any atom is 0.275 e. The van der Waals surface area contributed by atoms with Crippen LogP contribution in [0.3, 0.4) is 0 Å². The predicted molar refractivity (Wildman–Crippen MR) is 110 cm³/mol. The summed E-state index contributed by atoms with van der Waals surface area (Å²) in [6.07, 6.45) is 0.777. The molecule has 0 bridgehead atoms. The number of imide groups is 1. The lowest BCUT2D eigenvalue weighted by molar-refractivity contribution is 0.0452. The molecular formula is C22H27ClN2O2. The van der Waals surface area contributed by atoms with Gasteiger partial charge in [0, 0.05) is 21.7 Å². The van der Waals surface area contributed by atoms with Crippen molar-refractivity contribution in [2.75, 3.05) is 0 Å². The van der Waals surface area contributed by atoms with Crippen LogP contribution in [0.15, 0.2) is 36.4 Å². The van der Waals surface area contributed by atoms with Gasteiger partial charge < -0.3 is 0 Å². The van der Waals surface area contributed by atoms with E-state index in [9.17, 15) is 9.59 Å². The number of hydrogen-bond acceptors (Lipinski definition) is 3. The lowest BCUT2D eigenvalue weighted by Gasteiger charge is -2.30. The molecule has 0 saturated carbocycles. The van der Waals surface area contributed by atoms with Gasteiger partial charge in [0.1, 0.15) is 0 Å². The second kappa shape index (κ2) is 8.24. The van der Waals surface area contributed by atoms with Crippen molar-refractivity contribution in [2.24, 2.45) is 0 Å². The molecule has 2 amide bonds. The van der Waals surface area contributed by atoms with Gasteiger partial charge in [-0.05, 0) is 70.9 Å². The number of carbonyl (C=O) groups excluding carboxylic acids is 2. The highest BCUT2D eigenvalue weighted by atomic mass is 35.5.